The molecule has 1 rings (SSSR count). The lowest BCUT2D eigenvalue weighted by atomic mass is 10.3. The normalized spacial score (nSPS) is 10.2. The van der Waals surface area contributed by atoms with E-state index in [1.54, 1.807) is 0 Å². The van der Waals surface area contributed by atoms with Gasteiger partial charge in [0.2, 0.25) is 0 Å². The molecular weight excluding hydrogens is 230 g/mol. The van der Waals surface area contributed by atoms with Crippen LogP contribution in [-0.2, 0) is 12.8 Å². The summed E-state index contributed by atoms with van der Waals surface area (Å²) in [7, 11) is 1.87. The summed E-state index contributed by atoms with van der Waals surface area (Å²) in [5.74, 6) is 1.77. The Morgan fingerprint density at radius 2 is 1.92 bits per heavy atom. The third kappa shape index (κ3) is 2.18. The molecule has 0 aromatic carbocycles. The van der Waals surface area contributed by atoms with Gasteiger partial charge in [-0.05, 0) is 22.4 Å². The first kappa shape index (κ1) is 10.4. The maximum absolute atomic E-state index is 4.42. The van der Waals surface area contributed by atoms with Crippen LogP contribution in [0.25, 0.3) is 0 Å². The summed E-state index contributed by atoms with van der Waals surface area (Å²) in [5, 5.41) is 3.05. The van der Waals surface area contributed by atoms with Crippen molar-refractivity contribution in [2.75, 3.05) is 12.4 Å². The van der Waals surface area contributed by atoms with Gasteiger partial charge < -0.3 is 5.32 Å². The predicted octanol–water partition coefficient (Wildman–Crippen LogP) is 2.41. The highest BCUT2D eigenvalue weighted by molar-refractivity contribution is 9.10. The van der Waals surface area contributed by atoms with Gasteiger partial charge >= 0.3 is 0 Å². The van der Waals surface area contributed by atoms with Crippen LogP contribution in [0.15, 0.2) is 4.47 Å². The quantitative estimate of drug-likeness (QED) is 0.887. The number of hydrogen-bond acceptors (Lipinski definition) is 3. The Bertz CT molecular complexity index is 274. The van der Waals surface area contributed by atoms with Gasteiger partial charge in [0.25, 0.3) is 0 Å². The Morgan fingerprint density at radius 3 is 2.38 bits per heavy atom. The lowest BCUT2D eigenvalue weighted by Crippen LogP contribution is -2.04. The monoisotopic (exact) mass is 243 g/mol. The third-order valence-electron chi connectivity index (χ3n) is 1.85. The van der Waals surface area contributed by atoms with Crippen molar-refractivity contribution in [1.29, 1.82) is 0 Å². The summed E-state index contributed by atoms with van der Waals surface area (Å²) in [6.45, 7) is 4.15. The second-order valence-corrected chi connectivity index (χ2v) is 3.50. The number of halogens is 1. The molecule has 1 N–H and O–H groups in total. The molecule has 0 atom stereocenters. The van der Waals surface area contributed by atoms with Crippen molar-refractivity contribution in [2.45, 2.75) is 26.7 Å². The van der Waals surface area contributed by atoms with Crippen molar-refractivity contribution in [3.05, 3.63) is 16.0 Å². The average molecular weight is 244 g/mol. The summed E-state index contributed by atoms with van der Waals surface area (Å²) >= 11 is 3.48. The van der Waals surface area contributed by atoms with Crippen LogP contribution in [0.2, 0.25) is 0 Å². The maximum Gasteiger partial charge on any atom is 0.144 e. The Kier molecular flexibility index (Phi) is 3.66. The van der Waals surface area contributed by atoms with Crippen LogP contribution < -0.4 is 5.32 Å². The van der Waals surface area contributed by atoms with Crippen LogP contribution in [0.1, 0.15) is 25.4 Å². The second-order valence-electron chi connectivity index (χ2n) is 2.71. The third-order valence-corrected chi connectivity index (χ3v) is 2.69. The smallest absolute Gasteiger partial charge is 0.144 e. The number of anilines is 1. The highest BCUT2D eigenvalue weighted by Gasteiger charge is 2.08. The molecule has 0 saturated carbocycles. The Morgan fingerprint density at radius 1 is 1.23 bits per heavy atom. The fourth-order valence-corrected chi connectivity index (χ4v) is 1.76. The molecule has 1 heterocycles. The molecule has 1 aromatic rings. The highest BCUT2D eigenvalue weighted by Crippen LogP contribution is 2.23. The number of nitrogens with one attached hydrogen (secondary N) is 1. The van der Waals surface area contributed by atoms with Gasteiger partial charge in [0.05, 0.1) is 10.2 Å². The molecule has 0 aliphatic rings. The van der Waals surface area contributed by atoms with E-state index < -0.39 is 0 Å². The molecule has 0 radical (unpaired) electrons. The van der Waals surface area contributed by atoms with E-state index in [1.807, 2.05) is 7.05 Å². The van der Waals surface area contributed by atoms with E-state index in [1.165, 1.54) is 0 Å². The zero-order chi connectivity index (χ0) is 9.84. The molecule has 13 heavy (non-hydrogen) atoms. The van der Waals surface area contributed by atoms with Crippen LogP contribution >= 0.6 is 15.9 Å². The molecule has 0 unspecified atom stereocenters. The van der Waals surface area contributed by atoms with Crippen molar-refractivity contribution in [3.63, 3.8) is 0 Å². The van der Waals surface area contributed by atoms with E-state index in [0.717, 1.165) is 34.7 Å². The molecular formula is C9H14BrN3. The van der Waals surface area contributed by atoms with Crippen molar-refractivity contribution < 1.29 is 0 Å². The minimum atomic E-state index is 0.870. The molecule has 72 valence electrons. The van der Waals surface area contributed by atoms with E-state index >= 15 is 0 Å². The van der Waals surface area contributed by atoms with Gasteiger partial charge in [0, 0.05) is 13.5 Å². The number of nitrogens with zero attached hydrogens (tertiary/aromatic N) is 2. The van der Waals surface area contributed by atoms with E-state index in [4.69, 9.17) is 0 Å². The standard InChI is InChI=1S/C9H14BrN3/c1-4-6-8(10)9(11-3)13-7(5-2)12-6/h4-5H2,1-3H3,(H,11,12,13). The summed E-state index contributed by atoms with van der Waals surface area (Å²) in [6.07, 6.45) is 1.79. The van der Waals surface area contributed by atoms with Crippen molar-refractivity contribution in [1.82, 2.24) is 9.97 Å². The highest BCUT2D eigenvalue weighted by atomic mass is 79.9. The van der Waals surface area contributed by atoms with Crippen LogP contribution in [0.3, 0.4) is 0 Å². The molecule has 0 bridgehead atoms. The minimum Gasteiger partial charge on any atom is -0.372 e. The molecule has 0 spiro atoms. The first-order valence-electron chi connectivity index (χ1n) is 4.45. The Labute approximate surface area is 87.1 Å². The van der Waals surface area contributed by atoms with Crippen molar-refractivity contribution in [3.8, 4) is 0 Å². The topological polar surface area (TPSA) is 37.8 Å². The summed E-state index contributed by atoms with van der Waals surface area (Å²) in [6, 6.07) is 0. The first-order valence-corrected chi connectivity index (χ1v) is 5.25. The lowest BCUT2D eigenvalue weighted by Gasteiger charge is -2.08. The van der Waals surface area contributed by atoms with Gasteiger partial charge in [-0.25, -0.2) is 9.97 Å². The van der Waals surface area contributed by atoms with Crippen LogP contribution in [0.5, 0.6) is 0 Å². The zero-order valence-electron chi connectivity index (χ0n) is 8.19. The minimum absolute atomic E-state index is 0.870. The molecule has 0 fully saturated rings. The molecule has 4 heteroatoms. The molecule has 0 aliphatic carbocycles. The number of aromatic nitrogens is 2. The van der Waals surface area contributed by atoms with Crippen molar-refractivity contribution >= 4 is 21.7 Å². The van der Waals surface area contributed by atoms with Crippen LogP contribution in [0, 0.1) is 0 Å². The first-order chi connectivity index (χ1) is 6.22. The molecule has 0 aliphatic heterocycles. The average Bonchev–Trinajstić information content (AvgIpc) is 2.18. The van der Waals surface area contributed by atoms with Gasteiger partial charge in [0.1, 0.15) is 11.6 Å². The van der Waals surface area contributed by atoms with Gasteiger partial charge in [-0.1, -0.05) is 13.8 Å². The SMILES string of the molecule is CCc1nc(CC)c(Br)c(NC)n1. The maximum atomic E-state index is 4.42. The molecule has 3 nitrogen and oxygen atoms in total. The lowest BCUT2D eigenvalue weighted by molar-refractivity contribution is 0.882. The number of hydrogen-bond donors (Lipinski definition) is 1. The Hall–Kier alpha value is -0.640. The van der Waals surface area contributed by atoms with Crippen molar-refractivity contribution in [2.24, 2.45) is 0 Å². The molecule has 0 saturated heterocycles. The fourth-order valence-electron chi connectivity index (χ4n) is 1.10. The summed E-state index contributed by atoms with van der Waals surface area (Å²) in [4.78, 5) is 8.77. The van der Waals surface area contributed by atoms with Gasteiger partial charge in [0.15, 0.2) is 0 Å². The van der Waals surface area contributed by atoms with Crippen LogP contribution in [0.4, 0.5) is 5.82 Å². The predicted molar refractivity (Wildman–Crippen MR) is 58.0 cm³/mol. The van der Waals surface area contributed by atoms with Gasteiger partial charge in [-0.15, -0.1) is 0 Å². The van der Waals surface area contributed by atoms with Gasteiger partial charge in [-0.3, -0.25) is 0 Å². The van der Waals surface area contributed by atoms with Crippen LogP contribution in [-0.4, -0.2) is 17.0 Å². The molecule has 1 aromatic heterocycles. The fraction of sp³-hybridized carbons (Fsp3) is 0.556. The Balaban J connectivity index is 3.20. The van der Waals surface area contributed by atoms with Gasteiger partial charge in [-0.2, -0.15) is 0 Å². The largest absolute Gasteiger partial charge is 0.372 e. The van der Waals surface area contributed by atoms with E-state index in [0.29, 0.717) is 0 Å². The summed E-state index contributed by atoms with van der Waals surface area (Å²) < 4.78 is 0.981. The number of rotatable bonds is 3. The van der Waals surface area contributed by atoms with E-state index in [2.05, 4.69) is 45.1 Å². The zero-order valence-corrected chi connectivity index (χ0v) is 9.77. The summed E-state index contributed by atoms with van der Waals surface area (Å²) in [5.41, 5.74) is 1.07. The van der Waals surface area contributed by atoms with E-state index in [9.17, 15) is 0 Å². The molecule has 0 amide bonds. The van der Waals surface area contributed by atoms with E-state index in [-0.39, 0.29) is 0 Å². The second kappa shape index (κ2) is 4.56. The number of aryl methyl sites for hydroxylation is 2.